The third kappa shape index (κ3) is 4.89. The summed E-state index contributed by atoms with van der Waals surface area (Å²) in [6, 6.07) is 12.6. The Kier molecular flexibility index (Phi) is 6.48. The number of hydrogen-bond donors (Lipinski definition) is 0. The highest BCUT2D eigenvalue weighted by molar-refractivity contribution is 6.38. The van der Waals surface area contributed by atoms with Gasteiger partial charge in [0.15, 0.2) is 5.65 Å². The Morgan fingerprint density at radius 1 is 0.943 bits per heavy atom. The number of rotatable bonds is 6. The van der Waals surface area contributed by atoms with Crippen molar-refractivity contribution < 1.29 is 8.78 Å². The van der Waals surface area contributed by atoms with Crippen molar-refractivity contribution in [3.8, 4) is 22.5 Å². The number of halogens is 3. The molecule has 0 unspecified atom stereocenters. The number of piperazine rings is 1. The van der Waals surface area contributed by atoms with Crippen molar-refractivity contribution in [3.63, 3.8) is 0 Å². The summed E-state index contributed by atoms with van der Waals surface area (Å²) in [4.78, 5) is 8.54. The number of nitrogens with zero attached hydrogens (tertiary/aromatic N) is 7. The van der Waals surface area contributed by atoms with Crippen LogP contribution in [0.2, 0.25) is 5.02 Å². The molecule has 182 valence electrons. The predicted octanol–water partition coefficient (Wildman–Crippen LogP) is 4.57. The third-order valence-electron chi connectivity index (χ3n) is 6.35. The first-order chi connectivity index (χ1) is 16.8. The lowest BCUT2D eigenvalue weighted by molar-refractivity contribution is 0.0128. The van der Waals surface area contributed by atoms with Crippen LogP contribution < -0.4 is 0 Å². The first-order valence-electron chi connectivity index (χ1n) is 11.5. The van der Waals surface area contributed by atoms with Crippen LogP contribution in [-0.2, 0) is 12.5 Å². The van der Waals surface area contributed by atoms with Crippen molar-refractivity contribution in [2.24, 2.45) is 0 Å². The highest BCUT2D eigenvalue weighted by atomic mass is 35.5. The first kappa shape index (κ1) is 23.7. The Bertz CT molecular complexity index is 1330. The summed E-state index contributed by atoms with van der Waals surface area (Å²) in [5, 5.41) is 14.7. The standard InChI is InChI=1S/C25H26ClF2N7/c1-25(27,28)19-16-18(8-9-29-19)22-20-21(26)23(17-6-4-3-5-7-17)30-31-24(20)35(32-22)15-14-34-12-10-33(2)11-13-34/h3-9,16H,10-15H2,1-2H3. The zero-order valence-electron chi connectivity index (χ0n) is 19.6. The number of alkyl halides is 2. The van der Waals surface area contributed by atoms with E-state index in [0.717, 1.165) is 45.2 Å². The summed E-state index contributed by atoms with van der Waals surface area (Å²) < 4.78 is 29.9. The fourth-order valence-corrected chi connectivity index (χ4v) is 4.60. The van der Waals surface area contributed by atoms with Gasteiger partial charge in [-0.3, -0.25) is 9.88 Å². The van der Waals surface area contributed by atoms with E-state index in [1.165, 1.54) is 12.3 Å². The van der Waals surface area contributed by atoms with E-state index in [1.807, 2.05) is 30.3 Å². The van der Waals surface area contributed by atoms with E-state index >= 15 is 0 Å². The molecule has 0 saturated carbocycles. The van der Waals surface area contributed by atoms with Gasteiger partial charge in [-0.1, -0.05) is 41.9 Å². The number of hydrogen-bond acceptors (Lipinski definition) is 6. The molecule has 7 nitrogen and oxygen atoms in total. The molecule has 0 N–H and O–H groups in total. The van der Waals surface area contributed by atoms with Crippen molar-refractivity contribution in [1.82, 2.24) is 34.8 Å². The van der Waals surface area contributed by atoms with Crippen LogP contribution in [0.25, 0.3) is 33.5 Å². The van der Waals surface area contributed by atoms with Gasteiger partial charge in [-0.2, -0.15) is 13.9 Å². The quantitative estimate of drug-likeness (QED) is 0.389. The monoisotopic (exact) mass is 497 g/mol. The van der Waals surface area contributed by atoms with E-state index in [-0.39, 0.29) is 5.69 Å². The molecule has 1 aliphatic heterocycles. The first-order valence-corrected chi connectivity index (χ1v) is 11.9. The molecule has 10 heteroatoms. The predicted molar refractivity (Wildman–Crippen MR) is 133 cm³/mol. The summed E-state index contributed by atoms with van der Waals surface area (Å²) in [6.07, 6.45) is 1.37. The maximum absolute atomic E-state index is 14.0. The van der Waals surface area contributed by atoms with Crippen molar-refractivity contribution in [2.45, 2.75) is 19.4 Å². The maximum atomic E-state index is 14.0. The average molecular weight is 498 g/mol. The van der Waals surface area contributed by atoms with Gasteiger partial charge < -0.3 is 4.90 Å². The molecule has 0 bridgehead atoms. The third-order valence-corrected chi connectivity index (χ3v) is 6.72. The smallest absolute Gasteiger partial charge is 0.286 e. The van der Waals surface area contributed by atoms with Gasteiger partial charge in [-0.25, -0.2) is 4.68 Å². The summed E-state index contributed by atoms with van der Waals surface area (Å²) in [5.41, 5.74) is 2.54. The van der Waals surface area contributed by atoms with E-state index in [4.69, 9.17) is 16.7 Å². The van der Waals surface area contributed by atoms with Crippen LogP contribution in [-0.4, -0.2) is 74.5 Å². The second-order valence-electron chi connectivity index (χ2n) is 8.96. The molecular weight excluding hydrogens is 472 g/mol. The van der Waals surface area contributed by atoms with Crippen molar-refractivity contribution in [2.75, 3.05) is 39.8 Å². The Morgan fingerprint density at radius 2 is 1.69 bits per heavy atom. The summed E-state index contributed by atoms with van der Waals surface area (Å²) in [5.74, 6) is -3.07. The van der Waals surface area contributed by atoms with E-state index in [2.05, 4.69) is 32.0 Å². The molecule has 0 atom stereocenters. The largest absolute Gasteiger partial charge is 0.304 e. The molecule has 3 aromatic heterocycles. The second-order valence-corrected chi connectivity index (χ2v) is 9.34. The molecule has 0 aliphatic carbocycles. The van der Waals surface area contributed by atoms with Gasteiger partial charge in [0.1, 0.15) is 17.1 Å². The van der Waals surface area contributed by atoms with Gasteiger partial charge in [0.2, 0.25) is 0 Å². The molecule has 0 amide bonds. The molecule has 1 fully saturated rings. The topological polar surface area (TPSA) is 63.0 Å². The van der Waals surface area contributed by atoms with Gasteiger partial charge in [0.25, 0.3) is 5.92 Å². The number of pyridine rings is 1. The molecule has 4 heterocycles. The molecule has 0 spiro atoms. The summed E-state index contributed by atoms with van der Waals surface area (Å²) in [7, 11) is 2.12. The van der Waals surface area contributed by atoms with Crippen molar-refractivity contribution >= 4 is 22.6 Å². The zero-order valence-corrected chi connectivity index (χ0v) is 20.4. The highest BCUT2D eigenvalue weighted by Gasteiger charge is 2.28. The molecule has 5 rings (SSSR count). The number of aromatic nitrogens is 5. The van der Waals surface area contributed by atoms with Gasteiger partial charge in [-0.05, 0) is 19.2 Å². The number of likely N-dealkylation sites (N-methyl/N-ethyl adjacent to an activating group) is 1. The molecule has 1 aromatic carbocycles. The van der Waals surface area contributed by atoms with Gasteiger partial charge in [0, 0.05) is 57.0 Å². The van der Waals surface area contributed by atoms with Gasteiger partial charge >= 0.3 is 0 Å². The number of benzene rings is 1. The van der Waals surface area contributed by atoms with Crippen LogP contribution in [0.3, 0.4) is 0 Å². The average Bonchev–Trinajstić information content (AvgIpc) is 3.24. The molecule has 1 saturated heterocycles. The van der Waals surface area contributed by atoms with E-state index in [1.54, 1.807) is 10.7 Å². The van der Waals surface area contributed by atoms with Crippen LogP contribution in [0.1, 0.15) is 12.6 Å². The summed E-state index contributed by atoms with van der Waals surface area (Å²) in [6.45, 7) is 6.19. The zero-order chi connectivity index (χ0) is 24.6. The van der Waals surface area contributed by atoms with Crippen LogP contribution in [0.15, 0.2) is 48.7 Å². The van der Waals surface area contributed by atoms with Crippen molar-refractivity contribution in [1.29, 1.82) is 0 Å². The number of fused-ring (bicyclic) bond motifs is 1. The lowest BCUT2D eigenvalue weighted by atomic mass is 10.1. The Morgan fingerprint density at radius 3 is 2.40 bits per heavy atom. The van der Waals surface area contributed by atoms with Gasteiger partial charge in [0.05, 0.1) is 17.0 Å². The summed E-state index contributed by atoms with van der Waals surface area (Å²) >= 11 is 6.90. The van der Waals surface area contributed by atoms with Crippen molar-refractivity contribution in [3.05, 3.63) is 59.4 Å². The lowest BCUT2D eigenvalue weighted by Gasteiger charge is -2.32. The van der Waals surface area contributed by atoms with Crippen LogP contribution in [0, 0.1) is 0 Å². The fourth-order valence-electron chi connectivity index (χ4n) is 4.28. The molecular formula is C25H26ClF2N7. The Labute approximate surface area is 207 Å². The molecule has 1 aliphatic rings. The fraction of sp³-hybridized carbons (Fsp3) is 0.360. The minimum absolute atomic E-state index is 0.323. The second kappa shape index (κ2) is 9.56. The van der Waals surface area contributed by atoms with Crippen LogP contribution in [0.5, 0.6) is 0 Å². The minimum Gasteiger partial charge on any atom is -0.304 e. The molecule has 35 heavy (non-hydrogen) atoms. The van der Waals surface area contributed by atoms with Gasteiger partial charge in [-0.15, -0.1) is 10.2 Å². The lowest BCUT2D eigenvalue weighted by Crippen LogP contribution is -2.45. The Balaban J connectivity index is 1.60. The normalized spacial score (nSPS) is 15.7. The maximum Gasteiger partial charge on any atom is 0.286 e. The van der Waals surface area contributed by atoms with Crippen LogP contribution in [0.4, 0.5) is 8.78 Å². The van der Waals surface area contributed by atoms with E-state index in [9.17, 15) is 8.78 Å². The Hall–Kier alpha value is -3.01. The SMILES string of the molecule is CN1CCN(CCn2nc(-c3ccnc(C(C)(F)F)c3)c3c(Cl)c(-c4ccccc4)nnc32)CC1. The minimum atomic E-state index is -3.07. The van der Waals surface area contributed by atoms with Crippen LogP contribution >= 0.6 is 11.6 Å². The molecule has 4 aromatic rings. The van der Waals surface area contributed by atoms with E-state index < -0.39 is 5.92 Å². The highest BCUT2D eigenvalue weighted by Crippen LogP contribution is 2.38. The molecule has 0 radical (unpaired) electrons. The van der Waals surface area contributed by atoms with E-state index in [0.29, 0.717) is 39.6 Å².